The first kappa shape index (κ1) is 23.8. The Kier molecular flexibility index (Phi) is 8.72. The molecule has 0 N–H and O–H groups in total. The molecule has 0 saturated heterocycles. The molecule has 3 fully saturated rings. The molecule has 3 aliphatic carbocycles. The third-order valence-corrected chi connectivity index (χ3v) is 9.15. The van der Waals surface area contributed by atoms with Crippen molar-refractivity contribution in [1.29, 1.82) is 0 Å². The molecule has 4 rings (SSSR count). The zero-order valence-electron chi connectivity index (χ0n) is 20.4. The van der Waals surface area contributed by atoms with Crippen molar-refractivity contribution in [2.45, 2.75) is 103 Å². The molecule has 178 valence electrons. The van der Waals surface area contributed by atoms with E-state index in [4.69, 9.17) is 4.74 Å². The number of hydrogen-bond acceptors (Lipinski definition) is 1. The quantitative estimate of drug-likeness (QED) is 0.348. The minimum atomic E-state index is -0.0858. The van der Waals surface area contributed by atoms with Gasteiger partial charge in [0.05, 0.1) is 0 Å². The predicted octanol–water partition coefficient (Wildman–Crippen LogP) is 9.08. The molecular weight excluding hydrogens is 395 g/mol. The van der Waals surface area contributed by atoms with Gasteiger partial charge in [-0.25, -0.2) is 4.39 Å². The molecule has 0 heterocycles. The fourth-order valence-corrected chi connectivity index (χ4v) is 7.30. The van der Waals surface area contributed by atoms with Gasteiger partial charge in [-0.15, -0.1) is 0 Å². The highest BCUT2D eigenvalue weighted by molar-refractivity contribution is 5.31. The van der Waals surface area contributed by atoms with Crippen LogP contribution >= 0.6 is 0 Å². The Hall–Kier alpha value is -1.31. The van der Waals surface area contributed by atoms with Crippen LogP contribution < -0.4 is 4.74 Å². The summed E-state index contributed by atoms with van der Waals surface area (Å²) in [6, 6.07) is 5.47. The smallest absolute Gasteiger partial charge is 0.130 e. The molecule has 0 spiro atoms. The van der Waals surface area contributed by atoms with Crippen molar-refractivity contribution in [2.24, 2.45) is 29.6 Å². The van der Waals surface area contributed by atoms with E-state index in [1.54, 1.807) is 12.1 Å². The fourth-order valence-electron chi connectivity index (χ4n) is 7.30. The van der Waals surface area contributed by atoms with Gasteiger partial charge in [0.1, 0.15) is 18.2 Å². The molecule has 32 heavy (non-hydrogen) atoms. The molecule has 2 heteroatoms. The van der Waals surface area contributed by atoms with Crippen LogP contribution in [0.15, 0.2) is 30.9 Å². The summed E-state index contributed by atoms with van der Waals surface area (Å²) >= 11 is 0. The van der Waals surface area contributed by atoms with E-state index >= 15 is 0 Å². The van der Waals surface area contributed by atoms with Gasteiger partial charge in [-0.3, -0.25) is 0 Å². The Morgan fingerprint density at radius 2 is 1.53 bits per heavy atom. The molecule has 4 unspecified atom stereocenters. The van der Waals surface area contributed by atoms with Crippen LogP contribution in [0.3, 0.4) is 0 Å². The van der Waals surface area contributed by atoms with Crippen LogP contribution in [0.5, 0.6) is 5.75 Å². The molecule has 3 saturated carbocycles. The summed E-state index contributed by atoms with van der Waals surface area (Å²) in [7, 11) is 0. The van der Waals surface area contributed by atoms with Crippen LogP contribution in [0.2, 0.25) is 0 Å². The molecule has 0 amide bonds. The maximum Gasteiger partial charge on any atom is 0.130 e. The summed E-state index contributed by atoms with van der Waals surface area (Å²) in [6.45, 7) is 6.42. The number of fused-ring (bicyclic) bond motifs is 1. The van der Waals surface area contributed by atoms with Crippen molar-refractivity contribution in [3.05, 3.63) is 42.2 Å². The Morgan fingerprint density at radius 1 is 0.875 bits per heavy atom. The molecule has 1 nitrogen and oxygen atoms in total. The van der Waals surface area contributed by atoms with Gasteiger partial charge in [-0.1, -0.05) is 83.4 Å². The van der Waals surface area contributed by atoms with Crippen LogP contribution in [0.4, 0.5) is 4.39 Å². The molecule has 0 radical (unpaired) electrons. The van der Waals surface area contributed by atoms with E-state index in [0.29, 0.717) is 18.3 Å². The highest BCUT2D eigenvalue weighted by Gasteiger charge is 2.36. The molecular formula is C30H45FO. The van der Waals surface area contributed by atoms with E-state index in [0.717, 1.165) is 41.6 Å². The average Bonchev–Trinajstić information content (AvgIpc) is 2.82. The first-order valence-corrected chi connectivity index (χ1v) is 13.7. The Labute approximate surface area is 196 Å². The minimum absolute atomic E-state index is 0.0858. The monoisotopic (exact) mass is 440 g/mol. The van der Waals surface area contributed by atoms with Crippen LogP contribution in [0.1, 0.15) is 108 Å². The number of benzene rings is 1. The van der Waals surface area contributed by atoms with E-state index in [-0.39, 0.29) is 5.82 Å². The van der Waals surface area contributed by atoms with Crippen LogP contribution in [-0.2, 0) is 0 Å². The largest absolute Gasteiger partial charge is 0.489 e. The van der Waals surface area contributed by atoms with Crippen molar-refractivity contribution in [2.75, 3.05) is 6.61 Å². The predicted molar refractivity (Wildman–Crippen MR) is 133 cm³/mol. The van der Waals surface area contributed by atoms with Crippen molar-refractivity contribution >= 4 is 0 Å². The van der Waals surface area contributed by atoms with Crippen LogP contribution in [0, 0.1) is 35.4 Å². The second-order valence-corrected chi connectivity index (χ2v) is 11.2. The highest BCUT2D eigenvalue weighted by Crippen LogP contribution is 2.49. The lowest BCUT2D eigenvalue weighted by Gasteiger charge is -2.43. The molecule has 4 atom stereocenters. The number of hydrogen-bond donors (Lipinski definition) is 0. The fraction of sp³-hybridized carbons (Fsp3) is 0.733. The number of rotatable bonds is 9. The topological polar surface area (TPSA) is 9.23 Å². The first-order valence-electron chi connectivity index (χ1n) is 13.7. The zero-order valence-corrected chi connectivity index (χ0v) is 20.4. The Morgan fingerprint density at radius 3 is 2.25 bits per heavy atom. The summed E-state index contributed by atoms with van der Waals surface area (Å²) in [5, 5.41) is 0. The highest BCUT2D eigenvalue weighted by atomic mass is 19.1. The van der Waals surface area contributed by atoms with Crippen LogP contribution in [-0.4, -0.2) is 6.61 Å². The standard InChI is InChI=1S/C30H45FO/c1-3-5-22-6-8-23(9-7-22)10-11-24-12-13-26-20-27(15-14-25(26)19-24)29-17-16-28(21-30(29)31)32-18-4-2/h4,16-17,21-27H,2-3,5-15,18-20H2,1H3. The van der Waals surface area contributed by atoms with Crippen molar-refractivity contribution in [3.8, 4) is 5.75 Å². The summed E-state index contributed by atoms with van der Waals surface area (Å²) < 4.78 is 20.3. The third kappa shape index (κ3) is 6.17. The van der Waals surface area contributed by atoms with Crippen LogP contribution in [0.25, 0.3) is 0 Å². The van der Waals surface area contributed by atoms with Gasteiger partial charge in [0, 0.05) is 6.07 Å². The summed E-state index contributed by atoms with van der Waals surface area (Å²) in [5.41, 5.74) is 0.912. The van der Waals surface area contributed by atoms with E-state index in [9.17, 15) is 4.39 Å². The molecule has 1 aromatic rings. The van der Waals surface area contributed by atoms with E-state index < -0.39 is 0 Å². The van der Waals surface area contributed by atoms with E-state index in [2.05, 4.69) is 13.5 Å². The van der Waals surface area contributed by atoms with Gasteiger partial charge in [0.25, 0.3) is 0 Å². The van der Waals surface area contributed by atoms with Gasteiger partial charge >= 0.3 is 0 Å². The lowest BCUT2D eigenvalue weighted by Crippen LogP contribution is -2.31. The minimum Gasteiger partial charge on any atom is -0.489 e. The number of halogens is 1. The molecule has 3 aliphatic rings. The van der Waals surface area contributed by atoms with Crippen molar-refractivity contribution in [1.82, 2.24) is 0 Å². The Balaban J connectivity index is 1.22. The lowest BCUT2D eigenvalue weighted by atomic mass is 9.63. The van der Waals surface area contributed by atoms with Gasteiger partial charge in [0.2, 0.25) is 0 Å². The van der Waals surface area contributed by atoms with E-state index in [1.165, 1.54) is 83.5 Å². The normalized spacial score (nSPS) is 32.8. The van der Waals surface area contributed by atoms with Gasteiger partial charge < -0.3 is 4.74 Å². The summed E-state index contributed by atoms with van der Waals surface area (Å²) in [4.78, 5) is 0. The maximum absolute atomic E-state index is 14.8. The second kappa shape index (κ2) is 11.7. The van der Waals surface area contributed by atoms with Gasteiger partial charge in [-0.2, -0.15) is 0 Å². The zero-order chi connectivity index (χ0) is 22.3. The van der Waals surface area contributed by atoms with Gasteiger partial charge in [-0.05, 0) is 79.2 Å². The average molecular weight is 441 g/mol. The van der Waals surface area contributed by atoms with E-state index in [1.807, 2.05) is 12.1 Å². The van der Waals surface area contributed by atoms with Crippen molar-refractivity contribution < 1.29 is 9.13 Å². The second-order valence-electron chi connectivity index (χ2n) is 11.2. The lowest BCUT2D eigenvalue weighted by molar-refractivity contribution is 0.108. The summed E-state index contributed by atoms with van der Waals surface area (Å²) in [6.07, 6.45) is 21.3. The molecule has 1 aromatic carbocycles. The Bertz CT molecular complexity index is 720. The maximum atomic E-state index is 14.8. The molecule has 0 aliphatic heterocycles. The third-order valence-electron chi connectivity index (χ3n) is 9.15. The first-order chi connectivity index (χ1) is 15.7. The SMILES string of the molecule is C=CCOc1ccc(C2CCC3CC(CCC4CCC(CCC)CC4)CCC3C2)c(F)c1. The number of ether oxygens (including phenoxy) is 1. The van der Waals surface area contributed by atoms with Crippen molar-refractivity contribution in [3.63, 3.8) is 0 Å². The molecule has 0 aromatic heterocycles. The van der Waals surface area contributed by atoms with Gasteiger partial charge in [0.15, 0.2) is 0 Å². The molecule has 0 bridgehead atoms. The summed E-state index contributed by atoms with van der Waals surface area (Å²) in [5.74, 6) is 5.62.